The van der Waals surface area contributed by atoms with Gasteiger partial charge < -0.3 is 10.2 Å². The van der Waals surface area contributed by atoms with E-state index in [0.717, 1.165) is 5.56 Å². The Morgan fingerprint density at radius 2 is 1.77 bits per heavy atom. The molecule has 10 nitrogen and oxygen atoms in total. The molecule has 2 heterocycles. The van der Waals surface area contributed by atoms with E-state index in [4.69, 9.17) is 0 Å². The fraction of sp³-hybridized carbons (Fsp3) is 0.233. The molecule has 1 aromatic heterocycles. The summed E-state index contributed by atoms with van der Waals surface area (Å²) in [6.45, 7) is 2.12. The summed E-state index contributed by atoms with van der Waals surface area (Å²) in [5.74, 6) is -1.52. The number of hydrogen-bond donors (Lipinski definition) is 2. The van der Waals surface area contributed by atoms with Gasteiger partial charge in [-0.15, -0.1) is 5.10 Å². The van der Waals surface area contributed by atoms with Gasteiger partial charge in [0, 0.05) is 42.0 Å². The van der Waals surface area contributed by atoms with Crippen LogP contribution >= 0.6 is 0 Å². The smallest absolute Gasteiger partial charge is 0.269 e. The van der Waals surface area contributed by atoms with Crippen LogP contribution in [0.25, 0.3) is 0 Å². The number of aliphatic hydroxyl groups is 2. The number of para-hydroxylation sites is 1. The van der Waals surface area contributed by atoms with Gasteiger partial charge in [-0.25, -0.2) is 0 Å². The van der Waals surface area contributed by atoms with Crippen molar-refractivity contribution in [1.82, 2.24) is 15.0 Å². The van der Waals surface area contributed by atoms with Gasteiger partial charge in [-0.05, 0) is 30.2 Å². The Bertz CT molecular complexity index is 1540. The molecule has 3 aromatic carbocycles. The number of benzene rings is 3. The molecule has 1 aliphatic heterocycles. The number of carbonyl (C=O) groups excluding carboxylic acids is 1. The first-order valence-corrected chi connectivity index (χ1v) is 13.0. The van der Waals surface area contributed by atoms with Crippen LogP contribution in [0.3, 0.4) is 0 Å². The topological polar surface area (TPSA) is 135 Å². The van der Waals surface area contributed by atoms with Crippen LogP contribution in [-0.4, -0.2) is 42.6 Å². The molecule has 0 radical (unpaired) electrons. The van der Waals surface area contributed by atoms with E-state index < -0.39 is 22.3 Å². The number of hydrogen-bond acceptors (Lipinski definition) is 7. The first-order chi connectivity index (χ1) is 19.3. The molecule has 40 heavy (non-hydrogen) atoms. The third kappa shape index (κ3) is 4.90. The Morgan fingerprint density at radius 3 is 2.45 bits per heavy atom. The molecule has 5 rings (SSSR count). The highest BCUT2D eigenvalue weighted by atomic mass is 16.6. The summed E-state index contributed by atoms with van der Waals surface area (Å²) in [6, 6.07) is 22.6. The molecule has 1 unspecified atom stereocenters. The number of aliphatic hydroxyl groups excluding tert-OH is 1. The predicted octanol–water partition coefficient (Wildman–Crippen LogP) is 4.46. The zero-order valence-electron chi connectivity index (χ0n) is 21.9. The summed E-state index contributed by atoms with van der Waals surface area (Å²) >= 11 is 0. The highest BCUT2D eigenvalue weighted by molar-refractivity contribution is 6.12. The fourth-order valence-electron chi connectivity index (χ4n) is 5.09. The molecule has 0 spiro atoms. The summed E-state index contributed by atoms with van der Waals surface area (Å²) in [5, 5.41) is 41.6. The first kappa shape index (κ1) is 26.9. The molecule has 0 bridgehead atoms. The van der Waals surface area contributed by atoms with Gasteiger partial charge in [-0.3, -0.25) is 24.5 Å². The molecule has 3 atom stereocenters. The van der Waals surface area contributed by atoms with Gasteiger partial charge in [0.05, 0.1) is 28.8 Å². The molecular weight excluding hydrogens is 510 g/mol. The van der Waals surface area contributed by atoms with Gasteiger partial charge in [0.2, 0.25) is 0 Å². The SMILES string of the molecule is C[C@H](/C=C/CCn1cc(C(CO)c2ccccc2)nn1)[C@@]1(O)C(=O)N(c2ccccc2)c2ccc([N+](=O)[O-])cc21. The molecule has 2 N–H and O–H groups in total. The Labute approximate surface area is 231 Å². The molecule has 1 aliphatic rings. The van der Waals surface area contributed by atoms with E-state index in [1.807, 2.05) is 42.5 Å². The van der Waals surface area contributed by atoms with Gasteiger partial charge in [-0.2, -0.15) is 0 Å². The summed E-state index contributed by atoms with van der Waals surface area (Å²) in [5.41, 5.74) is 0.601. The molecule has 0 fully saturated rings. The lowest BCUT2D eigenvalue weighted by Gasteiger charge is -2.27. The molecule has 1 amide bonds. The maximum Gasteiger partial charge on any atom is 0.269 e. The second-order valence-corrected chi connectivity index (χ2v) is 9.76. The van der Waals surface area contributed by atoms with Gasteiger partial charge in [0.25, 0.3) is 11.6 Å². The van der Waals surface area contributed by atoms with E-state index in [-0.39, 0.29) is 23.8 Å². The third-order valence-corrected chi connectivity index (χ3v) is 7.29. The number of aromatic nitrogens is 3. The first-order valence-electron chi connectivity index (χ1n) is 13.0. The Morgan fingerprint density at radius 1 is 1.07 bits per heavy atom. The highest BCUT2D eigenvalue weighted by Gasteiger charge is 2.53. The van der Waals surface area contributed by atoms with Crippen LogP contribution in [-0.2, 0) is 16.9 Å². The number of amides is 1. The number of nitro benzene ring substituents is 1. The quantitative estimate of drug-likeness (QED) is 0.173. The Kier molecular flexibility index (Phi) is 7.54. The van der Waals surface area contributed by atoms with Crippen molar-refractivity contribution >= 4 is 23.0 Å². The number of nitro groups is 1. The van der Waals surface area contributed by atoms with E-state index in [1.165, 1.54) is 23.1 Å². The zero-order valence-corrected chi connectivity index (χ0v) is 21.9. The Balaban J connectivity index is 1.34. The molecule has 10 heteroatoms. The number of nitrogens with zero attached hydrogens (tertiary/aromatic N) is 5. The van der Waals surface area contributed by atoms with Crippen LogP contribution < -0.4 is 4.90 Å². The van der Waals surface area contributed by atoms with Gasteiger partial charge in [0.15, 0.2) is 5.60 Å². The lowest BCUT2D eigenvalue weighted by molar-refractivity contribution is -0.385. The van der Waals surface area contributed by atoms with Crippen LogP contribution in [0.4, 0.5) is 17.1 Å². The number of fused-ring (bicyclic) bond motifs is 1. The van der Waals surface area contributed by atoms with Crippen LogP contribution in [0.2, 0.25) is 0 Å². The summed E-state index contributed by atoms with van der Waals surface area (Å²) in [4.78, 5) is 26.1. The fourth-order valence-corrected chi connectivity index (χ4v) is 5.09. The van der Waals surface area contributed by atoms with Crippen molar-refractivity contribution in [1.29, 1.82) is 0 Å². The standard InChI is InChI=1S/C30H29N5O5/c1-21(10-8-9-17-33-19-27(31-32-33)25(20-36)22-11-4-2-5-12-22)30(38)26-18-24(35(39)40)15-16-28(26)34(29(30)37)23-13-6-3-7-14-23/h2-8,10-16,18-19,21,25,36,38H,9,17,20H2,1H3/b10-8+/t21-,25?,30+/m1/s1. The van der Waals surface area contributed by atoms with E-state index >= 15 is 0 Å². The maximum atomic E-state index is 13.7. The number of anilines is 2. The van der Waals surface area contributed by atoms with Crippen molar-refractivity contribution in [3.63, 3.8) is 0 Å². The summed E-state index contributed by atoms with van der Waals surface area (Å²) < 4.78 is 1.68. The van der Waals surface area contributed by atoms with Gasteiger partial charge >= 0.3 is 0 Å². The molecular formula is C30H29N5O5. The Hall–Kier alpha value is -4.67. The number of allylic oxidation sites excluding steroid dienone is 1. The third-order valence-electron chi connectivity index (χ3n) is 7.29. The van der Waals surface area contributed by atoms with E-state index in [2.05, 4.69) is 10.3 Å². The summed E-state index contributed by atoms with van der Waals surface area (Å²) in [7, 11) is 0. The lowest BCUT2D eigenvalue weighted by Crippen LogP contribution is -2.42. The van der Waals surface area contributed by atoms with Crippen LogP contribution in [0.5, 0.6) is 0 Å². The molecule has 0 saturated carbocycles. The molecule has 204 valence electrons. The second-order valence-electron chi connectivity index (χ2n) is 9.76. The van der Waals surface area contributed by atoms with E-state index in [9.17, 15) is 25.1 Å². The monoisotopic (exact) mass is 539 g/mol. The minimum atomic E-state index is -1.99. The minimum absolute atomic E-state index is 0.0909. The lowest BCUT2D eigenvalue weighted by atomic mass is 9.82. The molecule has 0 aliphatic carbocycles. The molecule has 0 saturated heterocycles. The van der Waals surface area contributed by atoms with Crippen LogP contribution in [0, 0.1) is 16.0 Å². The van der Waals surface area contributed by atoms with Crippen molar-refractivity contribution in [3.05, 3.63) is 124 Å². The second kappa shape index (κ2) is 11.2. The van der Waals surface area contributed by atoms with Crippen LogP contribution in [0.15, 0.2) is 97.2 Å². The normalized spacial score (nSPS) is 18.2. The van der Waals surface area contributed by atoms with Crippen LogP contribution in [0.1, 0.15) is 36.1 Å². The summed E-state index contributed by atoms with van der Waals surface area (Å²) in [6.07, 6.45) is 5.93. The van der Waals surface area contributed by atoms with Crippen molar-refractivity contribution in [2.24, 2.45) is 5.92 Å². The number of non-ortho nitro benzene ring substituents is 1. The molecule has 4 aromatic rings. The van der Waals surface area contributed by atoms with E-state index in [1.54, 1.807) is 48.1 Å². The number of rotatable bonds is 10. The number of aryl methyl sites for hydroxylation is 1. The maximum absolute atomic E-state index is 13.7. The minimum Gasteiger partial charge on any atom is -0.395 e. The van der Waals surface area contributed by atoms with Gasteiger partial charge in [0.1, 0.15) is 0 Å². The highest BCUT2D eigenvalue weighted by Crippen LogP contribution is 2.49. The average molecular weight is 540 g/mol. The van der Waals surface area contributed by atoms with Crippen molar-refractivity contribution in [2.75, 3.05) is 11.5 Å². The van der Waals surface area contributed by atoms with Crippen molar-refractivity contribution < 1.29 is 19.9 Å². The zero-order chi connectivity index (χ0) is 28.3. The largest absolute Gasteiger partial charge is 0.395 e. The van der Waals surface area contributed by atoms with Crippen molar-refractivity contribution in [2.45, 2.75) is 31.4 Å². The predicted molar refractivity (Wildman–Crippen MR) is 149 cm³/mol. The number of carbonyl (C=O) groups is 1. The average Bonchev–Trinajstić information content (AvgIpc) is 3.53. The van der Waals surface area contributed by atoms with Gasteiger partial charge in [-0.1, -0.05) is 72.8 Å². The van der Waals surface area contributed by atoms with Crippen molar-refractivity contribution in [3.8, 4) is 0 Å². The van der Waals surface area contributed by atoms with E-state index in [0.29, 0.717) is 30.0 Å².